The number of carbonyl (C=O) groups excluding carboxylic acids is 2. The van der Waals surface area contributed by atoms with Crippen molar-refractivity contribution in [3.8, 4) is 5.75 Å². The van der Waals surface area contributed by atoms with Crippen LogP contribution in [-0.4, -0.2) is 71.4 Å². The monoisotopic (exact) mass is 383 g/mol. The summed E-state index contributed by atoms with van der Waals surface area (Å²) < 4.78 is 5.35. The van der Waals surface area contributed by atoms with Gasteiger partial charge in [0.2, 0.25) is 11.9 Å². The van der Waals surface area contributed by atoms with Gasteiger partial charge < -0.3 is 19.9 Å². The molecule has 1 aliphatic heterocycles. The largest absolute Gasteiger partial charge is 0.496 e. The van der Waals surface area contributed by atoms with Crippen molar-refractivity contribution in [2.24, 2.45) is 0 Å². The van der Waals surface area contributed by atoms with Crippen molar-refractivity contribution < 1.29 is 14.3 Å². The Balaban J connectivity index is 1.56. The molecular formula is C20H25N5O3. The number of carbonyl (C=O) groups is 2. The maximum absolute atomic E-state index is 12.7. The van der Waals surface area contributed by atoms with E-state index < -0.39 is 0 Å². The van der Waals surface area contributed by atoms with Gasteiger partial charge in [-0.25, -0.2) is 9.97 Å². The number of hydrogen-bond acceptors (Lipinski definition) is 6. The second-order valence-electron chi connectivity index (χ2n) is 6.55. The van der Waals surface area contributed by atoms with Crippen LogP contribution < -0.4 is 10.1 Å². The highest BCUT2D eigenvalue weighted by Crippen LogP contribution is 2.17. The summed E-state index contributed by atoms with van der Waals surface area (Å²) in [5, 5.41) is 3.16. The summed E-state index contributed by atoms with van der Waals surface area (Å²) in [6.45, 7) is 4.30. The predicted octanol–water partition coefficient (Wildman–Crippen LogP) is 1.44. The molecule has 1 N–H and O–H groups in total. The van der Waals surface area contributed by atoms with Crippen LogP contribution in [0, 0.1) is 0 Å². The quantitative estimate of drug-likeness (QED) is 0.812. The van der Waals surface area contributed by atoms with Crippen LogP contribution in [0.25, 0.3) is 0 Å². The number of para-hydroxylation sites is 1. The van der Waals surface area contributed by atoms with Crippen LogP contribution in [0.1, 0.15) is 23.0 Å². The summed E-state index contributed by atoms with van der Waals surface area (Å²) >= 11 is 0. The molecule has 2 amide bonds. The molecule has 8 nitrogen and oxygen atoms in total. The van der Waals surface area contributed by atoms with E-state index in [0.717, 1.165) is 17.7 Å². The fourth-order valence-corrected chi connectivity index (χ4v) is 3.17. The Hall–Kier alpha value is -3.16. The van der Waals surface area contributed by atoms with Gasteiger partial charge in [-0.1, -0.05) is 18.2 Å². The molecule has 3 rings (SSSR count). The van der Waals surface area contributed by atoms with E-state index in [1.54, 1.807) is 36.1 Å². The van der Waals surface area contributed by atoms with Crippen LogP contribution >= 0.6 is 0 Å². The van der Waals surface area contributed by atoms with E-state index in [1.807, 2.05) is 24.3 Å². The van der Waals surface area contributed by atoms with E-state index in [0.29, 0.717) is 44.4 Å². The Morgan fingerprint density at radius 2 is 1.82 bits per heavy atom. The molecular weight excluding hydrogens is 358 g/mol. The minimum absolute atomic E-state index is 0.0377. The molecule has 0 unspecified atom stereocenters. The molecule has 1 saturated heterocycles. The van der Waals surface area contributed by atoms with Crippen molar-refractivity contribution in [2.45, 2.75) is 13.3 Å². The Morgan fingerprint density at radius 3 is 2.54 bits per heavy atom. The van der Waals surface area contributed by atoms with Crippen LogP contribution in [0.2, 0.25) is 0 Å². The zero-order valence-corrected chi connectivity index (χ0v) is 16.2. The zero-order valence-electron chi connectivity index (χ0n) is 16.2. The van der Waals surface area contributed by atoms with Crippen molar-refractivity contribution in [1.82, 2.24) is 19.8 Å². The van der Waals surface area contributed by atoms with Crippen LogP contribution in [0.5, 0.6) is 5.75 Å². The van der Waals surface area contributed by atoms with Gasteiger partial charge >= 0.3 is 0 Å². The van der Waals surface area contributed by atoms with E-state index in [-0.39, 0.29) is 11.8 Å². The van der Waals surface area contributed by atoms with Gasteiger partial charge in [0.05, 0.1) is 7.11 Å². The summed E-state index contributed by atoms with van der Waals surface area (Å²) in [6.07, 6.45) is 2.33. The summed E-state index contributed by atoms with van der Waals surface area (Å²) in [6, 6.07) is 9.47. The van der Waals surface area contributed by atoms with Crippen molar-refractivity contribution in [3.05, 3.63) is 47.8 Å². The predicted molar refractivity (Wildman–Crippen MR) is 105 cm³/mol. The average molecular weight is 383 g/mol. The SMILES string of the molecule is COc1ccccc1CCNc1nccc(C(=O)N2CCN(C(C)=O)CC2)n1. The number of nitrogens with zero attached hydrogens (tertiary/aromatic N) is 4. The Bertz CT molecular complexity index is 834. The van der Waals surface area contributed by atoms with Crippen molar-refractivity contribution in [3.63, 3.8) is 0 Å². The molecule has 0 spiro atoms. The van der Waals surface area contributed by atoms with Crippen molar-refractivity contribution in [2.75, 3.05) is 45.2 Å². The number of hydrogen-bond donors (Lipinski definition) is 1. The van der Waals surface area contributed by atoms with Crippen LogP contribution in [0.4, 0.5) is 5.95 Å². The lowest BCUT2D eigenvalue weighted by Crippen LogP contribution is -2.50. The highest BCUT2D eigenvalue weighted by Gasteiger charge is 2.24. The van der Waals surface area contributed by atoms with E-state index in [2.05, 4.69) is 15.3 Å². The normalized spacial score (nSPS) is 13.9. The van der Waals surface area contributed by atoms with Gasteiger partial charge in [0.25, 0.3) is 5.91 Å². The molecule has 1 fully saturated rings. The second kappa shape index (κ2) is 9.16. The van der Waals surface area contributed by atoms with Gasteiger partial charge in [-0.05, 0) is 24.1 Å². The Kier molecular flexibility index (Phi) is 6.41. The lowest BCUT2D eigenvalue weighted by Gasteiger charge is -2.34. The number of benzene rings is 1. The molecule has 0 saturated carbocycles. The third-order valence-corrected chi connectivity index (χ3v) is 4.76. The van der Waals surface area contributed by atoms with Gasteiger partial charge in [-0.3, -0.25) is 9.59 Å². The van der Waals surface area contributed by atoms with Crippen molar-refractivity contribution >= 4 is 17.8 Å². The number of aromatic nitrogens is 2. The number of ether oxygens (including phenoxy) is 1. The molecule has 8 heteroatoms. The fourth-order valence-electron chi connectivity index (χ4n) is 3.17. The first-order chi connectivity index (χ1) is 13.6. The molecule has 28 heavy (non-hydrogen) atoms. The van der Waals surface area contributed by atoms with Gasteiger partial charge in [0.1, 0.15) is 11.4 Å². The van der Waals surface area contributed by atoms with Gasteiger partial charge in [0, 0.05) is 45.8 Å². The molecule has 1 aromatic carbocycles. The van der Waals surface area contributed by atoms with Crippen LogP contribution in [0.15, 0.2) is 36.5 Å². The number of nitrogens with one attached hydrogen (secondary N) is 1. The van der Waals surface area contributed by atoms with E-state index in [4.69, 9.17) is 4.74 Å². The molecule has 1 aromatic heterocycles. The van der Waals surface area contributed by atoms with E-state index >= 15 is 0 Å². The highest BCUT2D eigenvalue weighted by molar-refractivity contribution is 5.92. The molecule has 2 aromatic rings. The molecule has 0 atom stereocenters. The number of amides is 2. The Labute approximate surface area is 164 Å². The van der Waals surface area contributed by atoms with E-state index in [1.165, 1.54) is 0 Å². The van der Waals surface area contributed by atoms with Gasteiger partial charge in [0.15, 0.2) is 0 Å². The Morgan fingerprint density at radius 1 is 1.11 bits per heavy atom. The lowest BCUT2D eigenvalue weighted by molar-refractivity contribution is -0.130. The molecule has 148 valence electrons. The molecule has 2 heterocycles. The lowest BCUT2D eigenvalue weighted by atomic mass is 10.1. The first kappa shape index (κ1) is 19.6. The second-order valence-corrected chi connectivity index (χ2v) is 6.55. The molecule has 0 aliphatic carbocycles. The zero-order chi connectivity index (χ0) is 19.9. The van der Waals surface area contributed by atoms with Crippen molar-refractivity contribution in [1.29, 1.82) is 0 Å². The van der Waals surface area contributed by atoms with Gasteiger partial charge in [-0.15, -0.1) is 0 Å². The van der Waals surface area contributed by atoms with E-state index in [9.17, 15) is 9.59 Å². The molecule has 0 radical (unpaired) electrons. The maximum Gasteiger partial charge on any atom is 0.272 e. The third-order valence-electron chi connectivity index (χ3n) is 4.76. The topological polar surface area (TPSA) is 87.7 Å². The minimum Gasteiger partial charge on any atom is -0.496 e. The van der Waals surface area contributed by atoms with Crippen LogP contribution in [-0.2, 0) is 11.2 Å². The number of anilines is 1. The minimum atomic E-state index is -0.140. The third kappa shape index (κ3) is 4.76. The summed E-state index contributed by atoms with van der Waals surface area (Å²) in [7, 11) is 1.65. The number of methoxy groups -OCH3 is 1. The highest BCUT2D eigenvalue weighted by atomic mass is 16.5. The van der Waals surface area contributed by atoms with Gasteiger partial charge in [-0.2, -0.15) is 0 Å². The summed E-state index contributed by atoms with van der Waals surface area (Å²) in [5.74, 6) is 1.16. The molecule has 0 bridgehead atoms. The number of rotatable bonds is 6. The first-order valence-corrected chi connectivity index (χ1v) is 9.32. The fraction of sp³-hybridized carbons (Fsp3) is 0.400. The first-order valence-electron chi connectivity index (χ1n) is 9.32. The summed E-state index contributed by atoms with van der Waals surface area (Å²) in [4.78, 5) is 36.1. The standard InChI is InChI=1S/C20H25N5O3/c1-15(26)24-11-13-25(14-12-24)19(27)17-8-10-22-20(23-17)21-9-7-16-5-3-4-6-18(16)28-2/h3-6,8,10H,7,9,11-14H2,1-2H3,(H,21,22,23). The smallest absolute Gasteiger partial charge is 0.272 e. The molecule has 1 aliphatic rings. The summed E-state index contributed by atoms with van der Waals surface area (Å²) in [5.41, 5.74) is 1.44. The maximum atomic E-state index is 12.7. The average Bonchev–Trinajstić information content (AvgIpc) is 2.74. The number of piperazine rings is 1. The van der Waals surface area contributed by atoms with Crippen LogP contribution in [0.3, 0.4) is 0 Å².